The molecule has 0 aliphatic carbocycles. The van der Waals surface area contributed by atoms with Crippen molar-refractivity contribution >= 4 is 11.9 Å². The predicted molar refractivity (Wildman–Crippen MR) is 59.4 cm³/mol. The van der Waals surface area contributed by atoms with E-state index in [4.69, 9.17) is 5.41 Å². The SMILES string of the molecule is CC(C)n1cncc1C1C(=N)NC(=O)N1C. The van der Waals surface area contributed by atoms with Gasteiger partial charge in [-0.2, -0.15) is 0 Å². The Morgan fingerprint density at radius 3 is 2.75 bits per heavy atom. The number of carbonyl (C=O) groups excluding carboxylic acids is 1. The minimum absolute atomic E-state index is 0.204. The van der Waals surface area contributed by atoms with Crippen molar-refractivity contribution in [2.45, 2.75) is 25.9 Å². The lowest BCUT2D eigenvalue weighted by atomic mass is 10.2. The normalized spacial score (nSPS) is 20.8. The van der Waals surface area contributed by atoms with Gasteiger partial charge in [0.15, 0.2) is 0 Å². The molecule has 2 rings (SSSR count). The molecular formula is C10H15N5O. The summed E-state index contributed by atoms with van der Waals surface area (Å²) in [6.07, 6.45) is 3.43. The summed E-state index contributed by atoms with van der Waals surface area (Å²) in [7, 11) is 1.68. The highest BCUT2D eigenvalue weighted by Crippen LogP contribution is 2.25. The molecule has 2 amide bonds. The number of aromatic nitrogens is 2. The Morgan fingerprint density at radius 1 is 1.56 bits per heavy atom. The van der Waals surface area contributed by atoms with Gasteiger partial charge in [-0.15, -0.1) is 0 Å². The van der Waals surface area contributed by atoms with Crippen LogP contribution in [0.3, 0.4) is 0 Å². The Hall–Kier alpha value is -1.85. The number of carbonyl (C=O) groups is 1. The summed E-state index contributed by atoms with van der Waals surface area (Å²) >= 11 is 0. The Kier molecular flexibility index (Phi) is 2.41. The van der Waals surface area contributed by atoms with Crippen molar-refractivity contribution in [1.29, 1.82) is 5.41 Å². The second-order valence-corrected chi connectivity index (χ2v) is 4.18. The number of hydrogen-bond acceptors (Lipinski definition) is 3. The molecular weight excluding hydrogens is 206 g/mol. The van der Waals surface area contributed by atoms with E-state index in [1.807, 2.05) is 18.4 Å². The molecule has 1 aliphatic heterocycles. The molecule has 2 N–H and O–H groups in total. The summed E-state index contributed by atoms with van der Waals surface area (Å²) in [5.74, 6) is 0.204. The number of amidine groups is 1. The van der Waals surface area contributed by atoms with Crippen LogP contribution in [0, 0.1) is 5.41 Å². The number of urea groups is 1. The number of nitrogens with zero attached hydrogens (tertiary/aromatic N) is 3. The molecule has 1 fully saturated rings. The van der Waals surface area contributed by atoms with Crippen molar-refractivity contribution in [3.8, 4) is 0 Å². The Balaban J connectivity index is 2.40. The maximum Gasteiger partial charge on any atom is 0.323 e. The van der Waals surface area contributed by atoms with Gasteiger partial charge in [0, 0.05) is 13.1 Å². The van der Waals surface area contributed by atoms with Gasteiger partial charge in [0.05, 0.1) is 18.2 Å². The largest absolute Gasteiger partial charge is 0.330 e. The van der Waals surface area contributed by atoms with Crippen LogP contribution in [0.25, 0.3) is 0 Å². The molecule has 6 nitrogen and oxygen atoms in total. The highest BCUT2D eigenvalue weighted by Gasteiger charge is 2.36. The first-order valence-electron chi connectivity index (χ1n) is 5.16. The van der Waals surface area contributed by atoms with E-state index < -0.39 is 0 Å². The fourth-order valence-corrected chi connectivity index (χ4v) is 1.89. The summed E-state index contributed by atoms with van der Waals surface area (Å²) in [5.41, 5.74) is 0.862. The van der Waals surface area contributed by atoms with Crippen LogP contribution in [0.2, 0.25) is 0 Å². The molecule has 86 valence electrons. The lowest BCUT2D eigenvalue weighted by Crippen LogP contribution is -2.26. The van der Waals surface area contributed by atoms with Gasteiger partial charge in [0.2, 0.25) is 0 Å². The van der Waals surface area contributed by atoms with Gasteiger partial charge in [-0.05, 0) is 13.8 Å². The number of rotatable bonds is 2. The third-order valence-corrected chi connectivity index (χ3v) is 2.76. The zero-order valence-electron chi connectivity index (χ0n) is 9.56. The van der Waals surface area contributed by atoms with Crippen molar-refractivity contribution in [2.75, 3.05) is 7.05 Å². The summed E-state index contributed by atoms with van der Waals surface area (Å²) in [4.78, 5) is 17.0. The van der Waals surface area contributed by atoms with Crippen LogP contribution in [0.1, 0.15) is 31.6 Å². The number of hydrogen-bond donors (Lipinski definition) is 2. The highest BCUT2D eigenvalue weighted by molar-refractivity contribution is 6.05. The summed E-state index contributed by atoms with van der Waals surface area (Å²) in [5, 5.41) is 10.3. The second kappa shape index (κ2) is 3.62. The van der Waals surface area contributed by atoms with Crippen LogP contribution in [0.4, 0.5) is 4.79 Å². The summed E-state index contributed by atoms with van der Waals surface area (Å²) < 4.78 is 1.97. The minimum Gasteiger partial charge on any atom is -0.330 e. The van der Waals surface area contributed by atoms with Crippen molar-refractivity contribution in [1.82, 2.24) is 19.8 Å². The van der Waals surface area contributed by atoms with Gasteiger partial charge in [-0.1, -0.05) is 0 Å². The van der Waals surface area contributed by atoms with Gasteiger partial charge in [-0.25, -0.2) is 9.78 Å². The van der Waals surface area contributed by atoms with E-state index in [2.05, 4.69) is 10.3 Å². The molecule has 16 heavy (non-hydrogen) atoms. The van der Waals surface area contributed by atoms with E-state index in [0.29, 0.717) is 0 Å². The van der Waals surface area contributed by atoms with Gasteiger partial charge >= 0.3 is 6.03 Å². The van der Waals surface area contributed by atoms with Crippen molar-refractivity contribution in [3.05, 3.63) is 18.2 Å². The second-order valence-electron chi connectivity index (χ2n) is 4.18. The lowest BCUT2D eigenvalue weighted by Gasteiger charge is -2.20. The smallest absolute Gasteiger partial charge is 0.323 e. The third-order valence-electron chi connectivity index (χ3n) is 2.76. The molecule has 1 aromatic heterocycles. The van der Waals surface area contributed by atoms with Gasteiger partial charge in [0.25, 0.3) is 0 Å². The predicted octanol–water partition coefficient (Wildman–Crippen LogP) is 1.14. The van der Waals surface area contributed by atoms with E-state index in [-0.39, 0.29) is 24.0 Å². The topological polar surface area (TPSA) is 74.0 Å². The Labute approximate surface area is 93.8 Å². The van der Waals surface area contributed by atoms with Gasteiger partial charge < -0.3 is 9.47 Å². The molecule has 1 unspecified atom stereocenters. The monoisotopic (exact) mass is 221 g/mol. The number of amides is 2. The van der Waals surface area contributed by atoms with Crippen LogP contribution >= 0.6 is 0 Å². The fourth-order valence-electron chi connectivity index (χ4n) is 1.89. The fraction of sp³-hybridized carbons (Fsp3) is 0.500. The summed E-state index contributed by atoms with van der Waals surface area (Å²) in [6.45, 7) is 4.08. The Bertz CT molecular complexity index is 436. The van der Waals surface area contributed by atoms with Crippen LogP contribution in [-0.2, 0) is 0 Å². The van der Waals surface area contributed by atoms with E-state index >= 15 is 0 Å². The molecule has 0 radical (unpaired) electrons. The average molecular weight is 221 g/mol. The minimum atomic E-state index is -0.350. The molecule has 0 saturated carbocycles. The average Bonchev–Trinajstić information content (AvgIpc) is 2.73. The molecule has 1 atom stereocenters. The van der Waals surface area contributed by atoms with Gasteiger partial charge in [0.1, 0.15) is 11.9 Å². The quantitative estimate of drug-likeness (QED) is 0.785. The third kappa shape index (κ3) is 1.46. The summed E-state index contributed by atoms with van der Waals surface area (Å²) in [6, 6.07) is -0.335. The maximum atomic E-state index is 11.4. The zero-order chi connectivity index (χ0) is 11.9. The molecule has 1 saturated heterocycles. The molecule has 0 bridgehead atoms. The van der Waals surface area contributed by atoms with Crippen LogP contribution in [0.5, 0.6) is 0 Å². The highest BCUT2D eigenvalue weighted by atomic mass is 16.2. The standard InChI is InChI=1S/C10H15N5O/c1-6(2)15-5-12-4-7(15)8-9(11)13-10(16)14(8)3/h4-6,8H,1-3H3,(H2,11,13,16). The number of likely N-dealkylation sites (N-methyl/N-ethyl adjacent to an activating group) is 1. The molecule has 1 aromatic rings. The van der Waals surface area contributed by atoms with Crippen molar-refractivity contribution in [3.63, 3.8) is 0 Å². The maximum absolute atomic E-state index is 11.4. The molecule has 0 aromatic carbocycles. The van der Waals surface area contributed by atoms with E-state index in [9.17, 15) is 4.79 Å². The first-order valence-corrected chi connectivity index (χ1v) is 5.16. The van der Waals surface area contributed by atoms with Crippen LogP contribution in [0.15, 0.2) is 12.5 Å². The van der Waals surface area contributed by atoms with E-state index in [1.165, 1.54) is 4.90 Å². The zero-order valence-corrected chi connectivity index (χ0v) is 9.56. The molecule has 1 aliphatic rings. The lowest BCUT2D eigenvalue weighted by molar-refractivity contribution is 0.216. The molecule has 0 spiro atoms. The molecule has 2 heterocycles. The van der Waals surface area contributed by atoms with Crippen LogP contribution in [-0.4, -0.2) is 33.4 Å². The van der Waals surface area contributed by atoms with Crippen molar-refractivity contribution < 1.29 is 4.79 Å². The van der Waals surface area contributed by atoms with E-state index in [0.717, 1.165) is 5.69 Å². The first-order chi connectivity index (χ1) is 7.52. The first kappa shape index (κ1) is 10.7. The van der Waals surface area contributed by atoms with Crippen molar-refractivity contribution in [2.24, 2.45) is 0 Å². The van der Waals surface area contributed by atoms with Crippen LogP contribution < -0.4 is 5.32 Å². The molecule has 6 heteroatoms. The Morgan fingerprint density at radius 2 is 2.25 bits per heavy atom. The van der Waals surface area contributed by atoms with Gasteiger partial charge in [-0.3, -0.25) is 10.7 Å². The van der Waals surface area contributed by atoms with E-state index in [1.54, 1.807) is 19.6 Å². The number of nitrogens with one attached hydrogen (secondary N) is 2. The number of imidazole rings is 1.